The zero-order chi connectivity index (χ0) is 29.1. The van der Waals surface area contributed by atoms with E-state index < -0.39 is 42.3 Å². The number of hydrogen-bond acceptors (Lipinski definition) is 6. The Labute approximate surface area is 233 Å². The number of anilines is 1. The molecule has 0 spiro atoms. The van der Waals surface area contributed by atoms with Crippen LogP contribution in [-0.2, 0) is 4.79 Å². The molecule has 3 aromatic carbocycles. The van der Waals surface area contributed by atoms with E-state index in [9.17, 15) is 18.7 Å². The van der Waals surface area contributed by atoms with Gasteiger partial charge in [-0.15, -0.1) is 0 Å². The summed E-state index contributed by atoms with van der Waals surface area (Å²) in [6.07, 6.45) is -1.68. The lowest BCUT2D eigenvalue weighted by Gasteiger charge is -2.23. The number of halogens is 5. The van der Waals surface area contributed by atoms with Crippen LogP contribution in [0.5, 0.6) is 17.2 Å². The summed E-state index contributed by atoms with van der Waals surface area (Å²) in [4.78, 5) is 15.0. The Balaban J connectivity index is 1.70. The summed E-state index contributed by atoms with van der Waals surface area (Å²) < 4.78 is 70.4. The van der Waals surface area contributed by atoms with Crippen LogP contribution in [0, 0.1) is 11.6 Å². The van der Waals surface area contributed by atoms with E-state index >= 15 is 8.78 Å². The molecule has 1 heterocycles. The van der Waals surface area contributed by atoms with Crippen LogP contribution in [0.25, 0.3) is 0 Å². The Morgan fingerprint density at radius 1 is 0.975 bits per heavy atom. The van der Waals surface area contributed by atoms with Crippen LogP contribution >= 0.6 is 11.6 Å². The number of nitrogens with zero attached hydrogens (tertiary/aromatic N) is 1. The molecule has 0 aliphatic carbocycles. The van der Waals surface area contributed by atoms with Crippen LogP contribution < -0.4 is 24.4 Å². The number of carbonyl (C=O) groups excluding carboxylic acids is 1. The summed E-state index contributed by atoms with van der Waals surface area (Å²) in [6.45, 7) is 0.455. The fraction of sp³-hybridized carbons (Fsp3) is 0.321. The zero-order valence-electron chi connectivity index (χ0n) is 21.7. The Morgan fingerprint density at radius 2 is 1.62 bits per heavy atom. The highest BCUT2D eigenvalue weighted by molar-refractivity contribution is 6.31. The van der Waals surface area contributed by atoms with Crippen molar-refractivity contribution >= 4 is 23.2 Å². The number of rotatable bonds is 10. The van der Waals surface area contributed by atoms with Gasteiger partial charge in [0.1, 0.15) is 35.1 Å². The molecule has 1 fully saturated rings. The second-order valence-electron chi connectivity index (χ2n) is 9.37. The molecule has 1 saturated heterocycles. The third kappa shape index (κ3) is 6.60. The van der Waals surface area contributed by atoms with Crippen molar-refractivity contribution in [3.63, 3.8) is 0 Å². The first kappa shape index (κ1) is 29.4. The molecule has 0 bridgehead atoms. The smallest absolute Gasteiger partial charge is 0.387 e. The zero-order valence-corrected chi connectivity index (χ0v) is 22.5. The van der Waals surface area contributed by atoms with Crippen molar-refractivity contribution < 1.29 is 41.7 Å². The number of methoxy groups -OCH3 is 1. The summed E-state index contributed by atoms with van der Waals surface area (Å²) in [7, 11) is 1.27. The molecule has 40 heavy (non-hydrogen) atoms. The maximum Gasteiger partial charge on any atom is 0.387 e. The number of aliphatic hydroxyl groups is 1. The molecule has 0 radical (unpaired) electrons. The van der Waals surface area contributed by atoms with Crippen LogP contribution in [0.3, 0.4) is 0 Å². The maximum atomic E-state index is 15.2. The Kier molecular flexibility index (Phi) is 9.07. The average molecular weight is 583 g/mol. The van der Waals surface area contributed by atoms with Gasteiger partial charge >= 0.3 is 6.61 Å². The predicted molar refractivity (Wildman–Crippen MR) is 140 cm³/mol. The van der Waals surface area contributed by atoms with Crippen molar-refractivity contribution in [1.82, 2.24) is 5.32 Å². The standard InChI is InChI=1S/C28H27ClF4N2O5/c1-14(2)39-20-9-16(29)8-17(10-20)35-13-21(24-22(30)11-19(38-3)12-23(24)31)25(27(35)37)34-26(36)15-4-6-18(7-5-15)40-28(32)33/h4-12,14,21,25-26,28,34,36H,13H2,1-3H3/t21-,25?,26?/m0/s1. The van der Waals surface area contributed by atoms with Gasteiger partial charge in [-0.1, -0.05) is 23.7 Å². The van der Waals surface area contributed by atoms with Crippen molar-refractivity contribution in [2.45, 2.75) is 44.8 Å². The molecule has 2 unspecified atom stereocenters. The number of ether oxygens (including phenoxy) is 3. The summed E-state index contributed by atoms with van der Waals surface area (Å²) in [5.74, 6) is -3.32. The molecule has 214 valence electrons. The van der Waals surface area contributed by atoms with Gasteiger partial charge in [0.2, 0.25) is 5.91 Å². The Hall–Kier alpha value is -3.54. The van der Waals surface area contributed by atoms with Crippen LogP contribution in [0.2, 0.25) is 5.02 Å². The van der Waals surface area contributed by atoms with Crippen LogP contribution in [-0.4, -0.2) is 43.4 Å². The number of nitrogens with one attached hydrogen (secondary N) is 1. The molecule has 0 saturated carbocycles. The van der Waals surface area contributed by atoms with E-state index in [-0.39, 0.29) is 40.3 Å². The molecule has 2 N–H and O–H groups in total. The lowest BCUT2D eigenvalue weighted by atomic mass is 9.92. The van der Waals surface area contributed by atoms with Crippen molar-refractivity contribution in [2.24, 2.45) is 0 Å². The molecule has 1 amide bonds. The van der Waals surface area contributed by atoms with E-state index in [4.69, 9.17) is 21.1 Å². The van der Waals surface area contributed by atoms with Gasteiger partial charge in [0.25, 0.3) is 0 Å². The first-order valence-electron chi connectivity index (χ1n) is 12.3. The lowest BCUT2D eigenvalue weighted by molar-refractivity contribution is -0.119. The number of hydrogen-bond donors (Lipinski definition) is 2. The normalized spacial score (nSPS) is 18.0. The predicted octanol–water partition coefficient (Wildman–Crippen LogP) is 5.80. The third-order valence-corrected chi connectivity index (χ3v) is 6.49. The molecule has 7 nitrogen and oxygen atoms in total. The fourth-order valence-corrected chi connectivity index (χ4v) is 4.80. The molecule has 4 rings (SSSR count). The molecular formula is C28H27ClF4N2O5. The molecule has 0 aromatic heterocycles. The Bertz CT molecular complexity index is 1340. The van der Waals surface area contributed by atoms with E-state index in [0.29, 0.717) is 11.4 Å². The number of carbonyl (C=O) groups is 1. The SMILES string of the molecule is COc1cc(F)c([C@@H]2CN(c3cc(Cl)cc(OC(C)C)c3)C(=O)C2NC(O)c2ccc(OC(F)F)cc2)c(F)c1. The van der Waals surface area contributed by atoms with E-state index in [0.717, 1.165) is 12.1 Å². The van der Waals surface area contributed by atoms with Gasteiger partial charge in [-0.3, -0.25) is 10.1 Å². The number of benzene rings is 3. The lowest BCUT2D eigenvalue weighted by Crippen LogP contribution is -2.42. The monoisotopic (exact) mass is 582 g/mol. The molecule has 1 aliphatic heterocycles. The van der Waals surface area contributed by atoms with Gasteiger partial charge in [-0.25, -0.2) is 8.78 Å². The molecule has 12 heteroatoms. The van der Waals surface area contributed by atoms with Gasteiger partial charge in [-0.2, -0.15) is 8.78 Å². The summed E-state index contributed by atoms with van der Waals surface area (Å²) >= 11 is 6.28. The summed E-state index contributed by atoms with van der Waals surface area (Å²) in [5.41, 5.74) is 0.167. The third-order valence-electron chi connectivity index (χ3n) is 6.27. The fourth-order valence-electron chi connectivity index (χ4n) is 4.59. The number of alkyl halides is 2. The second-order valence-corrected chi connectivity index (χ2v) is 9.80. The van der Waals surface area contributed by atoms with Gasteiger partial charge < -0.3 is 24.2 Å². The minimum Gasteiger partial charge on any atom is -0.497 e. The van der Waals surface area contributed by atoms with Crippen LogP contribution in [0.4, 0.5) is 23.2 Å². The highest BCUT2D eigenvalue weighted by Gasteiger charge is 2.45. The quantitative estimate of drug-likeness (QED) is 0.233. The minimum absolute atomic E-state index is 0.0408. The van der Waals surface area contributed by atoms with Crippen molar-refractivity contribution in [2.75, 3.05) is 18.6 Å². The highest BCUT2D eigenvalue weighted by atomic mass is 35.5. The van der Waals surface area contributed by atoms with Gasteiger partial charge in [-0.05, 0) is 43.7 Å². The molecular weight excluding hydrogens is 556 g/mol. The average Bonchev–Trinajstić information content (AvgIpc) is 3.18. The van der Waals surface area contributed by atoms with Gasteiger partial charge in [0.15, 0.2) is 0 Å². The number of aliphatic hydroxyl groups excluding tert-OH is 1. The van der Waals surface area contributed by atoms with E-state index in [2.05, 4.69) is 10.1 Å². The van der Waals surface area contributed by atoms with Crippen molar-refractivity contribution in [3.8, 4) is 17.2 Å². The first-order valence-corrected chi connectivity index (χ1v) is 12.6. The largest absolute Gasteiger partial charge is 0.497 e. The van der Waals surface area contributed by atoms with E-state index in [1.54, 1.807) is 12.1 Å². The van der Waals surface area contributed by atoms with E-state index in [1.807, 2.05) is 13.8 Å². The summed E-state index contributed by atoms with van der Waals surface area (Å²) in [5, 5.41) is 13.9. The van der Waals surface area contributed by atoms with Crippen LogP contribution in [0.15, 0.2) is 54.6 Å². The number of amides is 1. The van der Waals surface area contributed by atoms with Crippen molar-refractivity contribution in [3.05, 3.63) is 82.4 Å². The minimum atomic E-state index is -3.02. The first-order chi connectivity index (χ1) is 19.0. The van der Waals surface area contributed by atoms with Gasteiger partial charge in [0, 0.05) is 46.9 Å². The topological polar surface area (TPSA) is 80.3 Å². The maximum absolute atomic E-state index is 15.2. The van der Waals surface area contributed by atoms with Gasteiger partial charge in [0.05, 0.1) is 19.3 Å². The second kappa shape index (κ2) is 12.3. The molecule has 3 aromatic rings. The van der Waals surface area contributed by atoms with E-state index in [1.165, 1.54) is 42.3 Å². The van der Waals surface area contributed by atoms with Crippen molar-refractivity contribution in [1.29, 1.82) is 0 Å². The Morgan fingerprint density at radius 3 is 2.20 bits per heavy atom. The molecule has 3 atom stereocenters. The summed E-state index contributed by atoms with van der Waals surface area (Å²) in [6, 6.07) is 10.5. The van der Waals surface area contributed by atoms with Crippen LogP contribution in [0.1, 0.15) is 37.1 Å². The molecule has 1 aliphatic rings. The highest BCUT2D eigenvalue weighted by Crippen LogP contribution is 2.39.